The van der Waals surface area contributed by atoms with Crippen LogP contribution in [0.4, 0.5) is 0 Å². The van der Waals surface area contributed by atoms with Crippen LogP contribution in [-0.4, -0.2) is 11.9 Å². The molecule has 16 heavy (non-hydrogen) atoms. The number of aryl methyl sites for hydroxylation is 1. The van der Waals surface area contributed by atoms with E-state index in [4.69, 9.17) is 0 Å². The number of benzene rings is 1. The molecule has 0 bridgehead atoms. The Bertz CT molecular complexity index is 460. The van der Waals surface area contributed by atoms with Crippen LogP contribution in [0.3, 0.4) is 0 Å². The van der Waals surface area contributed by atoms with E-state index in [1.165, 1.54) is 16.7 Å². The molecule has 2 rings (SSSR count). The van der Waals surface area contributed by atoms with Crippen LogP contribution < -0.4 is 5.32 Å². The fourth-order valence-corrected chi connectivity index (χ4v) is 2.08. The molecule has 0 saturated carbocycles. The lowest BCUT2D eigenvalue weighted by Crippen LogP contribution is -2.30. The second-order valence-electron chi connectivity index (χ2n) is 4.46. The summed E-state index contributed by atoms with van der Waals surface area (Å²) < 4.78 is 0. The molecule has 0 aromatic heterocycles. The Hall–Kier alpha value is -1.57. The van der Waals surface area contributed by atoms with Crippen LogP contribution in [0.15, 0.2) is 35.4 Å². The summed E-state index contributed by atoms with van der Waals surface area (Å²) in [6.07, 6.45) is 0.890. The Labute approximate surface area is 96.4 Å². The Morgan fingerprint density at radius 3 is 2.44 bits per heavy atom. The van der Waals surface area contributed by atoms with Crippen molar-refractivity contribution in [3.63, 3.8) is 0 Å². The Morgan fingerprint density at radius 2 is 1.88 bits per heavy atom. The summed E-state index contributed by atoms with van der Waals surface area (Å²) in [6, 6.07) is 8.50. The normalized spacial score (nSPS) is 20.2. The third kappa shape index (κ3) is 1.87. The van der Waals surface area contributed by atoms with Crippen LogP contribution in [0.2, 0.25) is 0 Å². The number of nitrogens with one attached hydrogen (secondary N) is 1. The van der Waals surface area contributed by atoms with Gasteiger partial charge in [0.25, 0.3) is 0 Å². The smallest absolute Gasteiger partial charge is 0.247 e. The van der Waals surface area contributed by atoms with Gasteiger partial charge >= 0.3 is 0 Å². The third-order valence-electron chi connectivity index (χ3n) is 3.45. The second-order valence-corrected chi connectivity index (χ2v) is 4.46. The van der Waals surface area contributed by atoms with E-state index < -0.39 is 0 Å². The third-order valence-corrected chi connectivity index (χ3v) is 3.45. The van der Waals surface area contributed by atoms with Crippen LogP contribution in [0.25, 0.3) is 0 Å². The number of hydrogen-bond donors (Lipinski definition) is 1. The molecular formula is C14H17NO. The van der Waals surface area contributed by atoms with Crippen LogP contribution in [0, 0.1) is 6.92 Å². The lowest BCUT2D eigenvalue weighted by Gasteiger charge is -2.14. The van der Waals surface area contributed by atoms with E-state index in [9.17, 15) is 4.79 Å². The largest absolute Gasteiger partial charge is 0.346 e. The highest BCUT2D eigenvalue weighted by molar-refractivity contribution is 5.96. The van der Waals surface area contributed by atoms with Crippen LogP contribution in [0.5, 0.6) is 0 Å². The zero-order chi connectivity index (χ0) is 11.7. The number of carbonyl (C=O) groups excluding carboxylic acids is 1. The van der Waals surface area contributed by atoms with Crippen LogP contribution in [0.1, 0.15) is 25.0 Å². The van der Waals surface area contributed by atoms with E-state index in [1.807, 2.05) is 26.0 Å². The van der Waals surface area contributed by atoms with Crippen LogP contribution in [-0.2, 0) is 11.2 Å². The summed E-state index contributed by atoms with van der Waals surface area (Å²) in [5.74, 6) is 0.0797. The average Bonchev–Trinajstić information content (AvgIpc) is 2.50. The van der Waals surface area contributed by atoms with Gasteiger partial charge in [-0.05, 0) is 43.9 Å². The van der Waals surface area contributed by atoms with Crippen molar-refractivity contribution in [3.8, 4) is 0 Å². The van der Waals surface area contributed by atoms with Gasteiger partial charge in [-0.25, -0.2) is 0 Å². The monoisotopic (exact) mass is 215 g/mol. The SMILES string of the molecule is CC1=C(C)C(Cc2ccccc2C)NC1=O. The first-order chi connectivity index (χ1) is 7.59. The maximum atomic E-state index is 11.5. The van der Waals surface area contributed by atoms with E-state index in [0.717, 1.165) is 12.0 Å². The van der Waals surface area contributed by atoms with E-state index in [2.05, 4.69) is 24.4 Å². The lowest BCUT2D eigenvalue weighted by molar-refractivity contribution is -0.117. The summed E-state index contributed by atoms with van der Waals surface area (Å²) in [7, 11) is 0. The Balaban J connectivity index is 2.19. The quantitative estimate of drug-likeness (QED) is 0.806. The fourth-order valence-electron chi connectivity index (χ4n) is 2.08. The molecule has 1 unspecified atom stereocenters. The predicted molar refractivity (Wildman–Crippen MR) is 65.2 cm³/mol. The van der Waals surface area contributed by atoms with Gasteiger partial charge in [-0.2, -0.15) is 0 Å². The van der Waals surface area contributed by atoms with Crippen molar-refractivity contribution < 1.29 is 4.79 Å². The maximum absolute atomic E-state index is 11.5. The van der Waals surface area contributed by atoms with Crippen molar-refractivity contribution in [1.82, 2.24) is 5.32 Å². The molecule has 1 aliphatic rings. The summed E-state index contributed by atoms with van der Waals surface area (Å²) in [6.45, 7) is 6.04. The molecule has 0 spiro atoms. The number of rotatable bonds is 2. The van der Waals surface area contributed by atoms with E-state index in [-0.39, 0.29) is 11.9 Å². The minimum absolute atomic E-state index is 0.0797. The highest BCUT2D eigenvalue weighted by atomic mass is 16.2. The molecule has 1 aromatic rings. The van der Waals surface area contributed by atoms with Crippen molar-refractivity contribution in [2.75, 3.05) is 0 Å². The molecule has 1 amide bonds. The van der Waals surface area contributed by atoms with E-state index in [1.54, 1.807) is 0 Å². The van der Waals surface area contributed by atoms with Gasteiger partial charge in [-0.1, -0.05) is 24.3 Å². The molecule has 1 aromatic carbocycles. The first-order valence-corrected chi connectivity index (χ1v) is 5.62. The first kappa shape index (κ1) is 10.9. The maximum Gasteiger partial charge on any atom is 0.247 e. The molecule has 0 saturated heterocycles. The zero-order valence-electron chi connectivity index (χ0n) is 10.0. The Kier molecular flexibility index (Phi) is 2.82. The highest BCUT2D eigenvalue weighted by Gasteiger charge is 2.25. The van der Waals surface area contributed by atoms with Gasteiger partial charge in [0.2, 0.25) is 5.91 Å². The lowest BCUT2D eigenvalue weighted by atomic mass is 9.97. The van der Waals surface area contributed by atoms with Gasteiger partial charge < -0.3 is 5.32 Å². The van der Waals surface area contributed by atoms with Crippen molar-refractivity contribution in [2.24, 2.45) is 0 Å². The van der Waals surface area contributed by atoms with Gasteiger partial charge in [-0.15, -0.1) is 0 Å². The first-order valence-electron chi connectivity index (χ1n) is 5.62. The van der Waals surface area contributed by atoms with Gasteiger partial charge in [0.15, 0.2) is 0 Å². The minimum Gasteiger partial charge on any atom is -0.346 e. The average molecular weight is 215 g/mol. The van der Waals surface area contributed by atoms with Crippen molar-refractivity contribution in [3.05, 3.63) is 46.5 Å². The molecule has 2 nitrogen and oxygen atoms in total. The molecule has 0 fully saturated rings. The van der Waals surface area contributed by atoms with Gasteiger partial charge in [0.05, 0.1) is 6.04 Å². The molecule has 84 valence electrons. The topological polar surface area (TPSA) is 29.1 Å². The molecule has 0 radical (unpaired) electrons. The molecule has 1 heterocycles. The van der Waals surface area contributed by atoms with E-state index >= 15 is 0 Å². The van der Waals surface area contributed by atoms with Gasteiger partial charge in [-0.3, -0.25) is 4.79 Å². The number of hydrogen-bond acceptors (Lipinski definition) is 1. The molecule has 1 atom stereocenters. The van der Waals surface area contributed by atoms with Crippen LogP contribution >= 0.6 is 0 Å². The van der Waals surface area contributed by atoms with Crippen molar-refractivity contribution in [1.29, 1.82) is 0 Å². The predicted octanol–water partition coefficient (Wildman–Crippen LogP) is 2.37. The molecule has 0 aliphatic carbocycles. The molecular weight excluding hydrogens is 198 g/mol. The molecule has 2 heteroatoms. The van der Waals surface area contributed by atoms with Crippen molar-refractivity contribution in [2.45, 2.75) is 33.2 Å². The number of carbonyl (C=O) groups is 1. The molecule has 1 aliphatic heterocycles. The summed E-state index contributed by atoms with van der Waals surface area (Å²) in [4.78, 5) is 11.5. The molecule has 1 N–H and O–H groups in total. The standard InChI is InChI=1S/C14H17NO/c1-9-6-4-5-7-12(9)8-13-10(2)11(3)14(16)15-13/h4-7,13H,8H2,1-3H3,(H,15,16). The minimum atomic E-state index is 0.0797. The number of amides is 1. The fraction of sp³-hybridized carbons (Fsp3) is 0.357. The van der Waals surface area contributed by atoms with Gasteiger partial charge in [0.1, 0.15) is 0 Å². The van der Waals surface area contributed by atoms with Crippen molar-refractivity contribution >= 4 is 5.91 Å². The van der Waals surface area contributed by atoms with E-state index in [0.29, 0.717) is 0 Å². The summed E-state index contributed by atoms with van der Waals surface area (Å²) in [5.41, 5.74) is 4.64. The second kappa shape index (κ2) is 4.12. The summed E-state index contributed by atoms with van der Waals surface area (Å²) in [5, 5.41) is 3.02. The zero-order valence-corrected chi connectivity index (χ0v) is 10.0. The highest BCUT2D eigenvalue weighted by Crippen LogP contribution is 2.21. The Morgan fingerprint density at radius 1 is 1.19 bits per heavy atom. The summed E-state index contributed by atoms with van der Waals surface area (Å²) >= 11 is 0. The van der Waals surface area contributed by atoms with Gasteiger partial charge in [0, 0.05) is 5.57 Å².